The molecule has 1 aliphatic heterocycles. The third kappa shape index (κ3) is 3.21. The van der Waals surface area contributed by atoms with Gasteiger partial charge in [-0.05, 0) is 39.5 Å². The summed E-state index contributed by atoms with van der Waals surface area (Å²) in [6.45, 7) is 5.18. The molecule has 3 unspecified atom stereocenters. The van der Waals surface area contributed by atoms with Gasteiger partial charge in [-0.3, -0.25) is 4.79 Å². The molecule has 2 aliphatic rings. The summed E-state index contributed by atoms with van der Waals surface area (Å²) in [6.07, 6.45) is 4.08. The van der Waals surface area contributed by atoms with Crippen molar-refractivity contribution in [3.8, 4) is 0 Å². The van der Waals surface area contributed by atoms with Gasteiger partial charge in [-0.15, -0.1) is 11.3 Å². The number of thiazole rings is 1. The molecule has 1 aromatic rings. The van der Waals surface area contributed by atoms with Crippen LogP contribution in [0.5, 0.6) is 0 Å². The zero-order valence-corrected chi connectivity index (χ0v) is 13.4. The van der Waals surface area contributed by atoms with E-state index in [4.69, 9.17) is 9.47 Å². The maximum atomic E-state index is 12.0. The third-order valence-electron chi connectivity index (χ3n) is 4.10. The van der Waals surface area contributed by atoms with Gasteiger partial charge < -0.3 is 14.8 Å². The van der Waals surface area contributed by atoms with E-state index < -0.39 is 0 Å². The Balaban J connectivity index is 1.67. The van der Waals surface area contributed by atoms with Gasteiger partial charge in [0, 0.05) is 17.5 Å². The van der Waals surface area contributed by atoms with Crippen molar-refractivity contribution in [1.29, 1.82) is 0 Å². The van der Waals surface area contributed by atoms with E-state index in [1.807, 2.05) is 6.92 Å². The molecule has 0 spiro atoms. The Kier molecular flexibility index (Phi) is 4.45. The van der Waals surface area contributed by atoms with Crippen molar-refractivity contribution in [3.05, 3.63) is 10.6 Å². The Labute approximate surface area is 129 Å². The van der Waals surface area contributed by atoms with Gasteiger partial charge in [-0.2, -0.15) is 0 Å². The lowest BCUT2D eigenvalue weighted by Gasteiger charge is -2.27. The summed E-state index contributed by atoms with van der Waals surface area (Å²) in [6, 6.07) is 0.418. The van der Waals surface area contributed by atoms with Crippen LogP contribution >= 0.6 is 11.3 Å². The summed E-state index contributed by atoms with van der Waals surface area (Å²) >= 11 is 1.69. The highest BCUT2D eigenvalue weighted by Crippen LogP contribution is 2.39. The first-order chi connectivity index (χ1) is 10.2. The van der Waals surface area contributed by atoms with Gasteiger partial charge >= 0.3 is 5.97 Å². The molecule has 0 saturated carbocycles. The second-order valence-electron chi connectivity index (χ2n) is 5.72. The maximum absolute atomic E-state index is 12.0. The largest absolute Gasteiger partial charge is 0.465 e. The first kappa shape index (κ1) is 14.8. The number of hydrogen-bond acceptors (Lipinski definition) is 6. The quantitative estimate of drug-likeness (QED) is 0.867. The minimum absolute atomic E-state index is 0.132. The highest BCUT2D eigenvalue weighted by atomic mass is 32.1. The Morgan fingerprint density at radius 3 is 3.14 bits per heavy atom. The topological polar surface area (TPSA) is 60.5 Å². The maximum Gasteiger partial charge on any atom is 0.315 e. The first-order valence-corrected chi connectivity index (χ1v) is 8.53. The molecule has 1 saturated heterocycles. The summed E-state index contributed by atoms with van der Waals surface area (Å²) in [4.78, 5) is 17.8. The van der Waals surface area contributed by atoms with Crippen LogP contribution in [0.1, 0.15) is 49.6 Å². The van der Waals surface area contributed by atoms with E-state index in [9.17, 15) is 4.79 Å². The van der Waals surface area contributed by atoms with Crippen molar-refractivity contribution in [2.24, 2.45) is 0 Å². The predicted octanol–water partition coefficient (Wildman–Crippen LogP) is 2.72. The summed E-state index contributed by atoms with van der Waals surface area (Å²) < 4.78 is 10.7. The van der Waals surface area contributed by atoms with Gasteiger partial charge in [-0.1, -0.05) is 0 Å². The molecule has 2 heterocycles. The minimum Gasteiger partial charge on any atom is -0.465 e. The summed E-state index contributed by atoms with van der Waals surface area (Å²) in [5, 5.41) is 4.45. The van der Waals surface area contributed by atoms with E-state index in [0.29, 0.717) is 18.8 Å². The van der Waals surface area contributed by atoms with Crippen LogP contribution in [0.4, 0.5) is 5.13 Å². The van der Waals surface area contributed by atoms with Crippen LogP contribution < -0.4 is 5.32 Å². The molecule has 21 heavy (non-hydrogen) atoms. The SMILES string of the molecule is CCOC(=O)C1CCc2sc(NC3CCOC(C)C3)nc21. The van der Waals surface area contributed by atoms with Crippen LogP contribution in [0.25, 0.3) is 0 Å². The van der Waals surface area contributed by atoms with E-state index in [-0.39, 0.29) is 11.9 Å². The van der Waals surface area contributed by atoms with Crippen LogP contribution in [0.3, 0.4) is 0 Å². The van der Waals surface area contributed by atoms with Gasteiger partial charge in [0.05, 0.1) is 18.4 Å². The molecular formula is C15H22N2O3S. The molecule has 1 aliphatic carbocycles. The fourth-order valence-corrected chi connectivity index (χ4v) is 4.18. The molecule has 0 amide bonds. The molecule has 1 N–H and O–H groups in total. The molecule has 0 aromatic carbocycles. The Bertz CT molecular complexity index is 517. The zero-order chi connectivity index (χ0) is 14.8. The van der Waals surface area contributed by atoms with E-state index in [2.05, 4.69) is 17.2 Å². The number of nitrogens with one attached hydrogen (secondary N) is 1. The number of nitrogens with zero attached hydrogens (tertiary/aromatic N) is 1. The van der Waals surface area contributed by atoms with Gasteiger partial charge in [0.1, 0.15) is 5.92 Å². The Morgan fingerprint density at radius 1 is 1.52 bits per heavy atom. The Morgan fingerprint density at radius 2 is 2.38 bits per heavy atom. The van der Waals surface area contributed by atoms with Gasteiger partial charge in [0.2, 0.25) is 0 Å². The number of anilines is 1. The molecule has 0 bridgehead atoms. The average molecular weight is 310 g/mol. The fraction of sp³-hybridized carbons (Fsp3) is 0.733. The number of carbonyl (C=O) groups excluding carboxylic acids is 1. The molecule has 3 atom stereocenters. The fourth-order valence-electron chi connectivity index (χ4n) is 3.06. The van der Waals surface area contributed by atoms with E-state index in [1.54, 1.807) is 11.3 Å². The summed E-state index contributed by atoms with van der Waals surface area (Å²) in [7, 11) is 0. The van der Waals surface area contributed by atoms with Crippen LogP contribution in [-0.4, -0.2) is 36.3 Å². The van der Waals surface area contributed by atoms with E-state index in [1.165, 1.54) is 4.88 Å². The van der Waals surface area contributed by atoms with E-state index >= 15 is 0 Å². The van der Waals surface area contributed by atoms with Crippen molar-refractivity contribution >= 4 is 22.4 Å². The number of fused-ring (bicyclic) bond motifs is 1. The van der Waals surface area contributed by atoms with Crippen molar-refractivity contribution in [3.63, 3.8) is 0 Å². The highest BCUT2D eigenvalue weighted by Gasteiger charge is 2.34. The van der Waals surface area contributed by atoms with Crippen molar-refractivity contribution in [2.75, 3.05) is 18.5 Å². The smallest absolute Gasteiger partial charge is 0.315 e. The normalized spacial score (nSPS) is 28.2. The number of aromatic nitrogens is 1. The van der Waals surface area contributed by atoms with Crippen molar-refractivity contribution in [1.82, 2.24) is 4.98 Å². The standard InChI is InChI=1S/C15H22N2O3S/c1-3-19-14(18)11-4-5-12-13(11)17-15(21-12)16-10-6-7-20-9(2)8-10/h9-11H,3-8H2,1-2H3,(H,16,17). The molecule has 1 aromatic heterocycles. The average Bonchev–Trinajstić information content (AvgIpc) is 2.98. The zero-order valence-electron chi connectivity index (χ0n) is 12.6. The number of rotatable bonds is 4. The lowest BCUT2D eigenvalue weighted by molar-refractivity contribution is -0.145. The lowest BCUT2D eigenvalue weighted by Crippen LogP contribution is -2.32. The number of aryl methyl sites for hydroxylation is 1. The summed E-state index contributed by atoms with van der Waals surface area (Å²) in [5.41, 5.74) is 0.932. The van der Waals surface area contributed by atoms with Crippen LogP contribution in [0, 0.1) is 0 Å². The van der Waals surface area contributed by atoms with Crippen molar-refractivity contribution < 1.29 is 14.3 Å². The number of carbonyl (C=O) groups is 1. The predicted molar refractivity (Wildman–Crippen MR) is 81.9 cm³/mol. The monoisotopic (exact) mass is 310 g/mol. The van der Waals surface area contributed by atoms with Gasteiger partial charge in [0.25, 0.3) is 0 Å². The third-order valence-corrected chi connectivity index (χ3v) is 5.16. The highest BCUT2D eigenvalue weighted by molar-refractivity contribution is 7.15. The molecule has 1 fully saturated rings. The van der Waals surface area contributed by atoms with Gasteiger partial charge in [-0.25, -0.2) is 4.98 Å². The molecule has 116 valence electrons. The number of ether oxygens (including phenoxy) is 2. The lowest BCUT2D eigenvalue weighted by atomic mass is 10.1. The van der Waals surface area contributed by atoms with Crippen LogP contribution in [0.15, 0.2) is 0 Å². The van der Waals surface area contributed by atoms with Crippen LogP contribution in [0.2, 0.25) is 0 Å². The number of hydrogen-bond donors (Lipinski definition) is 1. The number of esters is 1. The second-order valence-corrected chi connectivity index (χ2v) is 6.80. The molecule has 6 heteroatoms. The molecular weight excluding hydrogens is 288 g/mol. The molecule has 0 radical (unpaired) electrons. The molecule has 3 rings (SSSR count). The summed E-state index contributed by atoms with van der Waals surface area (Å²) in [5.74, 6) is -0.298. The van der Waals surface area contributed by atoms with Crippen LogP contribution in [-0.2, 0) is 20.7 Å². The second kappa shape index (κ2) is 6.32. The van der Waals surface area contributed by atoms with Gasteiger partial charge in [0.15, 0.2) is 5.13 Å². The first-order valence-electron chi connectivity index (χ1n) is 7.71. The van der Waals surface area contributed by atoms with E-state index in [0.717, 1.165) is 43.1 Å². The Hall–Kier alpha value is -1.14. The minimum atomic E-state index is -0.166. The van der Waals surface area contributed by atoms with Crippen molar-refractivity contribution in [2.45, 2.75) is 57.6 Å². The molecule has 5 nitrogen and oxygen atoms in total.